The lowest BCUT2D eigenvalue weighted by Crippen LogP contribution is -2.44. The second-order valence-corrected chi connectivity index (χ2v) is 8.50. The zero-order chi connectivity index (χ0) is 21.7. The molecule has 0 aliphatic carbocycles. The van der Waals surface area contributed by atoms with E-state index in [1.807, 2.05) is 73.7 Å². The predicted octanol–water partition coefficient (Wildman–Crippen LogP) is 4.13. The molecule has 0 spiro atoms. The monoisotopic (exact) mass is 521 g/mol. The molecule has 3 rings (SSSR count). The molecule has 2 atom stereocenters. The van der Waals surface area contributed by atoms with E-state index < -0.39 is 4.11 Å². The molecule has 7 nitrogen and oxygen atoms in total. The zero-order valence-corrected chi connectivity index (χ0v) is 19.2. The van der Waals surface area contributed by atoms with Crippen molar-refractivity contribution in [2.24, 2.45) is 5.92 Å². The molecular formula is C22H24IN3O4. The summed E-state index contributed by atoms with van der Waals surface area (Å²) in [6, 6.07) is 12.7. The highest BCUT2D eigenvalue weighted by atomic mass is 127. The van der Waals surface area contributed by atoms with Gasteiger partial charge in [0.2, 0.25) is 5.88 Å². The van der Waals surface area contributed by atoms with E-state index in [1.165, 1.54) is 6.20 Å². The smallest absolute Gasteiger partial charge is 0.253 e. The average molecular weight is 521 g/mol. The van der Waals surface area contributed by atoms with Gasteiger partial charge in [0.1, 0.15) is 22.2 Å². The van der Waals surface area contributed by atoms with Gasteiger partial charge in [-0.2, -0.15) is 0 Å². The van der Waals surface area contributed by atoms with E-state index in [1.54, 1.807) is 12.1 Å². The zero-order valence-electron chi connectivity index (χ0n) is 17.0. The van der Waals surface area contributed by atoms with E-state index in [-0.39, 0.29) is 24.5 Å². The van der Waals surface area contributed by atoms with Crippen LogP contribution in [0.1, 0.15) is 35.5 Å². The molecule has 0 bridgehead atoms. The Morgan fingerprint density at radius 2 is 1.97 bits per heavy atom. The topological polar surface area (TPSA) is 97.5 Å². The van der Waals surface area contributed by atoms with Gasteiger partial charge in [-0.05, 0) is 41.5 Å². The fourth-order valence-electron chi connectivity index (χ4n) is 2.92. The lowest BCUT2D eigenvalue weighted by atomic mass is 10.1. The molecule has 0 saturated heterocycles. The van der Waals surface area contributed by atoms with Gasteiger partial charge in [0.05, 0.1) is 17.2 Å². The third kappa shape index (κ3) is 5.37. The third-order valence-electron chi connectivity index (χ3n) is 4.71. The number of hydrogen-bond acceptors (Lipinski definition) is 6. The molecule has 0 radical (unpaired) electrons. The van der Waals surface area contributed by atoms with Gasteiger partial charge in [-0.3, -0.25) is 4.79 Å². The molecule has 0 saturated carbocycles. The van der Waals surface area contributed by atoms with E-state index in [9.17, 15) is 9.90 Å². The molecule has 158 valence electrons. The summed E-state index contributed by atoms with van der Waals surface area (Å²) < 4.78 is 10.5. The van der Waals surface area contributed by atoms with Gasteiger partial charge in [-0.25, -0.2) is 4.98 Å². The second kappa shape index (κ2) is 10.0. The van der Waals surface area contributed by atoms with E-state index in [4.69, 9.17) is 9.26 Å². The number of hydrogen-bond donors (Lipinski definition) is 2. The molecule has 0 aliphatic rings. The Bertz CT molecular complexity index is 964. The molecule has 30 heavy (non-hydrogen) atoms. The van der Waals surface area contributed by atoms with E-state index in [0.29, 0.717) is 17.2 Å². The number of amides is 1. The summed E-state index contributed by atoms with van der Waals surface area (Å²) in [5.74, 6) is 0.883. The number of ether oxygens (including phenoxy) is 1. The van der Waals surface area contributed by atoms with Crippen molar-refractivity contribution in [2.45, 2.75) is 37.5 Å². The molecule has 1 aromatic carbocycles. The maximum absolute atomic E-state index is 12.4. The van der Waals surface area contributed by atoms with Gasteiger partial charge >= 0.3 is 0 Å². The van der Waals surface area contributed by atoms with Crippen molar-refractivity contribution in [3.8, 4) is 17.1 Å². The lowest BCUT2D eigenvalue weighted by molar-refractivity contribution is 0.0887. The molecule has 2 heterocycles. The Kier molecular flexibility index (Phi) is 7.43. The van der Waals surface area contributed by atoms with Gasteiger partial charge in [-0.15, -0.1) is 0 Å². The molecule has 8 heteroatoms. The van der Waals surface area contributed by atoms with Crippen LogP contribution in [-0.4, -0.2) is 31.3 Å². The quantitative estimate of drug-likeness (QED) is 0.342. The Hall–Kier alpha value is -2.46. The highest BCUT2D eigenvalue weighted by Gasteiger charge is 2.23. The van der Waals surface area contributed by atoms with Crippen LogP contribution < -0.4 is 10.1 Å². The number of benzene rings is 1. The summed E-state index contributed by atoms with van der Waals surface area (Å²) in [6.07, 6.45) is 1.46. The molecular weight excluding hydrogens is 497 g/mol. The number of alkyl halides is 1. The van der Waals surface area contributed by atoms with Crippen LogP contribution in [0.5, 0.6) is 5.88 Å². The van der Waals surface area contributed by atoms with Crippen LogP contribution in [0.25, 0.3) is 11.3 Å². The minimum atomic E-state index is -0.673. The number of halogens is 1. The van der Waals surface area contributed by atoms with Gasteiger partial charge in [0.15, 0.2) is 0 Å². The number of nitrogens with zero attached hydrogens (tertiary/aromatic N) is 2. The molecule has 2 N–H and O–H groups in total. The highest BCUT2D eigenvalue weighted by Crippen LogP contribution is 2.26. The number of nitrogens with one attached hydrogen (secondary N) is 1. The van der Waals surface area contributed by atoms with Crippen LogP contribution >= 0.6 is 22.6 Å². The molecule has 0 fully saturated rings. The van der Waals surface area contributed by atoms with Crippen molar-refractivity contribution in [1.82, 2.24) is 15.5 Å². The maximum Gasteiger partial charge on any atom is 0.253 e. The summed E-state index contributed by atoms with van der Waals surface area (Å²) >= 11 is 1.90. The van der Waals surface area contributed by atoms with E-state index in [2.05, 4.69) is 15.5 Å². The first-order valence-corrected chi connectivity index (χ1v) is 10.8. The van der Waals surface area contributed by atoms with Crippen LogP contribution in [0.4, 0.5) is 0 Å². The highest BCUT2D eigenvalue weighted by molar-refractivity contribution is 14.1. The number of rotatable bonds is 8. The van der Waals surface area contributed by atoms with Crippen molar-refractivity contribution >= 4 is 28.5 Å². The number of aliphatic hydroxyl groups excluding tert-OH is 1. The number of aryl methyl sites for hydroxylation is 1. The first-order chi connectivity index (χ1) is 14.4. The van der Waals surface area contributed by atoms with Crippen molar-refractivity contribution in [3.63, 3.8) is 0 Å². The SMILES string of the molecule is Cc1onc(-c2ccccc2)c1COc1ccc(C(=O)N[C@@H](C(C)C)C(O)I)cn1. The Morgan fingerprint density at radius 3 is 2.57 bits per heavy atom. The van der Waals surface area contributed by atoms with Crippen LogP contribution in [0.2, 0.25) is 0 Å². The fourth-order valence-corrected chi connectivity index (χ4v) is 3.93. The van der Waals surface area contributed by atoms with Gasteiger partial charge in [-0.1, -0.05) is 49.3 Å². The van der Waals surface area contributed by atoms with Gasteiger partial charge < -0.3 is 19.7 Å². The van der Waals surface area contributed by atoms with Crippen LogP contribution in [0, 0.1) is 12.8 Å². The van der Waals surface area contributed by atoms with Crippen LogP contribution in [0.3, 0.4) is 0 Å². The first kappa shape index (κ1) is 22.2. The van der Waals surface area contributed by atoms with E-state index >= 15 is 0 Å². The molecule has 1 unspecified atom stereocenters. The number of aliphatic hydroxyl groups is 1. The molecule has 1 amide bonds. The number of carbonyl (C=O) groups is 1. The summed E-state index contributed by atoms with van der Waals surface area (Å²) in [4.78, 5) is 16.7. The van der Waals surface area contributed by atoms with Crippen molar-refractivity contribution < 1.29 is 19.2 Å². The van der Waals surface area contributed by atoms with Crippen LogP contribution in [0.15, 0.2) is 53.2 Å². The standard InChI is InChI=1S/C22H24IN3O4/c1-13(2)19(21(23)27)25-22(28)16-9-10-18(24-11-16)29-12-17-14(3)30-26-20(17)15-7-5-4-6-8-15/h4-11,13,19,21,27H,12H2,1-3H3,(H,25,28)/t19-,21?/m0/s1. The number of carbonyl (C=O) groups excluding carboxylic acids is 1. The third-order valence-corrected chi connectivity index (χ3v) is 5.48. The molecule has 3 aromatic rings. The Labute approximate surface area is 189 Å². The van der Waals surface area contributed by atoms with Crippen molar-refractivity contribution in [3.05, 3.63) is 65.5 Å². The van der Waals surface area contributed by atoms with Crippen LogP contribution in [-0.2, 0) is 6.61 Å². The molecule has 2 aromatic heterocycles. The fraction of sp³-hybridized carbons (Fsp3) is 0.318. The first-order valence-electron chi connectivity index (χ1n) is 9.59. The maximum atomic E-state index is 12.4. The van der Waals surface area contributed by atoms with Gasteiger partial charge in [0, 0.05) is 17.8 Å². The van der Waals surface area contributed by atoms with Gasteiger partial charge in [0.25, 0.3) is 5.91 Å². The average Bonchev–Trinajstić information content (AvgIpc) is 3.11. The van der Waals surface area contributed by atoms with Crippen molar-refractivity contribution in [2.75, 3.05) is 0 Å². The summed E-state index contributed by atoms with van der Waals surface area (Å²) in [6.45, 7) is 5.97. The number of aromatic nitrogens is 2. The molecule has 0 aliphatic heterocycles. The second-order valence-electron chi connectivity index (χ2n) is 7.22. The minimum Gasteiger partial charge on any atom is -0.473 e. The lowest BCUT2D eigenvalue weighted by Gasteiger charge is -2.23. The summed E-state index contributed by atoms with van der Waals surface area (Å²) in [5, 5.41) is 16.8. The number of pyridine rings is 1. The summed E-state index contributed by atoms with van der Waals surface area (Å²) in [5.41, 5.74) is 2.93. The van der Waals surface area contributed by atoms with E-state index in [0.717, 1.165) is 16.8 Å². The largest absolute Gasteiger partial charge is 0.473 e. The predicted molar refractivity (Wildman–Crippen MR) is 121 cm³/mol. The Morgan fingerprint density at radius 1 is 1.23 bits per heavy atom. The Balaban J connectivity index is 1.66. The summed E-state index contributed by atoms with van der Waals surface area (Å²) in [7, 11) is 0. The van der Waals surface area contributed by atoms with Crippen molar-refractivity contribution in [1.29, 1.82) is 0 Å². The normalized spacial score (nSPS) is 13.1. The minimum absolute atomic E-state index is 0.0991.